The van der Waals surface area contributed by atoms with Crippen LogP contribution in [0.1, 0.15) is 17.3 Å². The molecule has 0 aliphatic carbocycles. The molecule has 0 radical (unpaired) electrons. The van der Waals surface area contributed by atoms with Gasteiger partial charge in [-0.05, 0) is 25.1 Å². The van der Waals surface area contributed by atoms with Gasteiger partial charge in [0.05, 0.1) is 0 Å². The standard InChI is InChI=1S/C12H14ClN3O2/c1-8-15-12(18-16-8)4-5-14-7-9-6-10(13)2-3-11(9)17/h2-3,6,14,17H,4-5,7H2,1H3. The average Bonchev–Trinajstić information content (AvgIpc) is 2.75. The minimum absolute atomic E-state index is 0.237. The van der Waals surface area contributed by atoms with Crippen LogP contribution < -0.4 is 5.32 Å². The first kappa shape index (κ1) is 12.9. The Balaban J connectivity index is 1.80. The normalized spacial score (nSPS) is 10.8. The summed E-state index contributed by atoms with van der Waals surface area (Å²) in [5.41, 5.74) is 0.768. The SMILES string of the molecule is Cc1noc(CCNCc2cc(Cl)ccc2O)n1. The van der Waals surface area contributed by atoms with Gasteiger partial charge in [0.25, 0.3) is 0 Å². The molecule has 2 rings (SSSR count). The van der Waals surface area contributed by atoms with Crippen LogP contribution in [0.5, 0.6) is 5.75 Å². The Morgan fingerprint density at radius 1 is 1.44 bits per heavy atom. The molecule has 0 amide bonds. The fraction of sp³-hybridized carbons (Fsp3) is 0.333. The zero-order valence-corrected chi connectivity index (χ0v) is 10.7. The molecule has 2 aromatic rings. The van der Waals surface area contributed by atoms with E-state index in [-0.39, 0.29) is 5.75 Å². The summed E-state index contributed by atoms with van der Waals surface area (Å²) in [4.78, 5) is 4.10. The Bertz CT molecular complexity index is 528. The summed E-state index contributed by atoms with van der Waals surface area (Å²) < 4.78 is 4.99. The molecule has 1 aromatic heterocycles. The number of halogens is 1. The van der Waals surface area contributed by atoms with Gasteiger partial charge in [-0.15, -0.1) is 0 Å². The summed E-state index contributed by atoms with van der Waals surface area (Å²) in [6.07, 6.45) is 0.655. The minimum atomic E-state index is 0.237. The van der Waals surface area contributed by atoms with Gasteiger partial charge < -0.3 is 14.9 Å². The van der Waals surface area contributed by atoms with Gasteiger partial charge in [-0.1, -0.05) is 16.8 Å². The molecule has 1 heterocycles. The van der Waals surface area contributed by atoms with Crippen molar-refractivity contribution in [1.29, 1.82) is 0 Å². The first-order valence-electron chi connectivity index (χ1n) is 5.62. The van der Waals surface area contributed by atoms with E-state index in [0.717, 1.165) is 5.56 Å². The predicted octanol–water partition coefficient (Wildman–Crippen LogP) is 2.07. The third-order valence-corrected chi connectivity index (χ3v) is 2.68. The molecular formula is C12H14ClN3O2. The zero-order valence-electron chi connectivity index (χ0n) is 9.98. The Morgan fingerprint density at radius 2 is 2.28 bits per heavy atom. The van der Waals surface area contributed by atoms with Crippen LogP contribution >= 0.6 is 11.6 Å². The highest BCUT2D eigenvalue weighted by molar-refractivity contribution is 6.30. The second-order valence-electron chi connectivity index (χ2n) is 3.94. The first-order valence-corrected chi connectivity index (χ1v) is 6.00. The van der Waals surface area contributed by atoms with E-state index in [0.29, 0.717) is 36.2 Å². The molecule has 0 unspecified atom stereocenters. The van der Waals surface area contributed by atoms with E-state index >= 15 is 0 Å². The van der Waals surface area contributed by atoms with E-state index in [2.05, 4.69) is 15.5 Å². The number of aryl methyl sites for hydroxylation is 1. The second kappa shape index (κ2) is 5.84. The number of hydrogen-bond acceptors (Lipinski definition) is 5. The van der Waals surface area contributed by atoms with Crippen molar-refractivity contribution in [3.63, 3.8) is 0 Å². The van der Waals surface area contributed by atoms with Crippen LogP contribution in [-0.2, 0) is 13.0 Å². The van der Waals surface area contributed by atoms with Crippen molar-refractivity contribution in [2.24, 2.45) is 0 Å². The molecule has 6 heteroatoms. The van der Waals surface area contributed by atoms with Crippen molar-refractivity contribution in [2.45, 2.75) is 19.9 Å². The summed E-state index contributed by atoms with van der Waals surface area (Å²) in [5, 5.41) is 17.1. The Labute approximate surface area is 110 Å². The van der Waals surface area contributed by atoms with E-state index in [9.17, 15) is 5.11 Å². The Hall–Kier alpha value is -1.59. The van der Waals surface area contributed by atoms with Crippen molar-refractivity contribution < 1.29 is 9.63 Å². The molecule has 96 valence electrons. The number of aromatic hydroxyl groups is 1. The van der Waals surface area contributed by atoms with Gasteiger partial charge in [0.15, 0.2) is 5.82 Å². The molecule has 0 saturated carbocycles. The summed E-state index contributed by atoms with van der Waals surface area (Å²) >= 11 is 5.86. The summed E-state index contributed by atoms with van der Waals surface area (Å²) in [5.74, 6) is 1.48. The van der Waals surface area contributed by atoms with E-state index in [1.54, 1.807) is 25.1 Å². The molecule has 5 nitrogen and oxygen atoms in total. The highest BCUT2D eigenvalue weighted by Crippen LogP contribution is 2.20. The van der Waals surface area contributed by atoms with Gasteiger partial charge in [-0.2, -0.15) is 4.98 Å². The molecule has 0 aliphatic heterocycles. The summed E-state index contributed by atoms with van der Waals surface area (Å²) in [7, 11) is 0. The molecule has 0 aliphatic rings. The number of rotatable bonds is 5. The topological polar surface area (TPSA) is 71.2 Å². The van der Waals surface area contributed by atoms with Crippen LogP contribution in [0.15, 0.2) is 22.7 Å². The van der Waals surface area contributed by atoms with Crippen molar-refractivity contribution in [3.8, 4) is 5.75 Å². The number of phenols is 1. The van der Waals surface area contributed by atoms with Crippen LogP contribution in [0.2, 0.25) is 5.02 Å². The zero-order chi connectivity index (χ0) is 13.0. The number of nitrogens with one attached hydrogen (secondary N) is 1. The van der Waals surface area contributed by atoms with Gasteiger partial charge in [0, 0.05) is 30.1 Å². The van der Waals surface area contributed by atoms with Gasteiger partial charge >= 0.3 is 0 Å². The van der Waals surface area contributed by atoms with E-state index < -0.39 is 0 Å². The fourth-order valence-corrected chi connectivity index (χ4v) is 1.75. The highest BCUT2D eigenvalue weighted by atomic mass is 35.5. The maximum atomic E-state index is 9.62. The van der Waals surface area contributed by atoms with Crippen molar-refractivity contribution in [1.82, 2.24) is 15.5 Å². The van der Waals surface area contributed by atoms with E-state index in [4.69, 9.17) is 16.1 Å². The smallest absolute Gasteiger partial charge is 0.227 e. The van der Waals surface area contributed by atoms with Crippen molar-refractivity contribution >= 4 is 11.6 Å². The number of hydrogen-bond donors (Lipinski definition) is 2. The lowest BCUT2D eigenvalue weighted by Gasteiger charge is -2.06. The lowest BCUT2D eigenvalue weighted by Crippen LogP contribution is -2.16. The molecular weight excluding hydrogens is 254 g/mol. The molecule has 0 bridgehead atoms. The molecule has 18 heavy (non-hydrogen) atoms. The fourth-order valence-electron chi connectivity index (χ4n) is 1.56. The molecule has 2 N–H and O–H groups in total. The van der Waals surface area contributed by atoms with Crippen LogP contribution in [0.4, 0.5) is 0 Å². The van der Waals surface area contributed by atoms with Gasteiger partial charge in [-0.3, -0.25) is 0 Å². The molecule has 0 saturated heterocycles. The number of benzene rings is 1. The molecule has 0 spiro atoms. The minimum Gasteiger partial charge on any atom is -0.508 e. The maximum absolute atomic E-state index is 9.62. The van der Waals surface area contributed by atoms with Gasteiger partial charge in [-0.25, -0.2) is 0 Å². The third kappa shape index (κ3) is 3.45. The molecule has 0 atom stereocenters. The number of aromatic nitrogens is 2. The van der Waals surface area contributed by atoms with Gasteiger partial charge in [0.1, 0.15) is 5.75 Å². The lowest BCUT2D eigenvalue weighted by molar-refractivity contribution is 0.372. The Morgan fingerprint density at radius 3 is 3.00 bits per heavy atom. The third-order valence-electron chi connectivity index (χ3n) is 2.44. The highest BCUT2D eigenvalue weighted by Gasteiger charge is 2.04. The summed E-state index contributed by atoms with van der Waals surface area (Å²) in [6.45, 7) is 3.01. The number of phenolic OH excluding ortho intramolecular Hbond substituents is 1. The van der Waals surface area contributed by atoms with E-state index in [1.807, 2.05) is 0 Å². The van der Waals surface area contributed by atoms with Crippen LogP contribution in [-0.4, -0.2) is 21.8 Å². The first-order chi connectivity index (χ1) is 8.65. The van der Waals surface area contributed by atoms with Crippen molar-refractivity contribution in [2.75, 3.05) is 6.54 Å². The average molecular weight is 268 g/mol. The van der Waals surface area contributed by atoms with Crippen molar-refractivity contribution in [3.05, 3.63) is 40.5 Å². The predicted molar refractivity (Wildman–Crippen MR) is 67.6 cm³/mol. The van der Waals surface area contributed by atoms with Crippen LogP contribution in [0.3, 0.4) is 0 Å². The van der Waals surface area contributed by atoms with Crippen LogP contribution in [0, 0.1) is 6.92 Å². The number of nitrogens with zero attached hydrogens (tertiary/aromatic N) is 2. The van der Waals surface area contributed by atoms with Crippen LogP contribution in [0.25, 0.3) is 0 Å². The van der Waals surface area contributed by atoms with E-state index in [1.165, 1.54) is 0 Å². The lowest BCUT2D eigenvalue weighted by atomic mass is 10.2. The monoisotopic (exact) mass is 267 g/mol. The molecule has 1 aromatic carbocycles. The quantitative estimate of drug-likeness (QED) is 0.812. The Kier molecular flexibility index (Phi) is 4.17. The summed E-state index contributed by atoms with van der Waals surface area (Å²) in [6, 6.07) is 4.98. The second-order valence-corrected chi connectivity index (χ2v) is 4.37. The largest absolute Gasteiger partial charge is 0.508 e. The van der Waals surface area contributed by atoms with Gasteiger partial charge in [0.2, 0.25) is 5.89 Å². The molecule has 0 fully saturated rings. The maximum Gasteiger partial charge on any atom is 0.227 e.